The average molecular weight is 263 g/mol. The molecule has 2 nitrogen and oxygen atoms in total. The lowest BCUT2D eigenvalue weighted by atomic mass is 10.0. The second-order valence-corrected chi connectivity index (χ2v) is 5.50. The summed E-state index contributed by atoms with van der Waals surface area (Å²) in [7, 11) is 1.92. The van der Waals surface area contributed by atoms with Gasteiger partial charge in [-0.05, 0) is 37.0 Å². The normalized spacial score (nSPS) is 11.2. The van der Waals surface area contributed by atoms with Crippen LogP contribution in [0.2, 0.25) is 5.02 Å². The van der Waals surface area contributed by atoms with Crippen LogP contribution in [-0.4, -0.2) is 12.0 Å². The molecular weight excluding hydrogens is 244 g/mol. The summed E-state index contributed by atoms with van der Waals surface area (Å²) in [5.41, 5.74) is 4.35. The van der Waals surface area contributed by atoms with Crippen LogP contribution in [0.3, 0.4) is 0 Å². The van der Waals surface area contributed by atoms with Gasteiger partial charge in [0.05, 0.1) is 10.5 Å². The van der Waals surface area contributed by atoms with Crippen molar-refractivity contribution < 1.29 is 0 Å². The van der Waals surface area contributed by atoms with Crippen molar-refractivity contribution in [1.29, 1.82) is 0 Å². The van der Waals surface area contributed by atoms with Crippen LogP contribution < -0.4 is 5.32 Å². The summed E-state index contributed by atoms with van der Waals surface area (Å²) < 4.78 is 0. The van der Waals surface area contributed by atoms with Crippen molar-refractivity contribution in [2.75, 3.05) is 12.4 Å². The first-order valence-corrected chi connectivity index (χ1v) is 6.67. The van der Waals surface area contributed by atoms with Gasteiger partial charge in [0, 0.05) is 23.8 Å². The summed E-state index contributed by atoms with van der Waals surface area (Å²) in [6, 6.07) is 6.06. The van der Waals surface area contributed by atoms with Crippen LogP contribution in [0.15, 0.2) is 18.2 Å². The lowest BCUT2D eigenvalue weighted by Crippen LogP contribution is -2.01. The Balaban J connectivity index is 2.71. The second kappa shape index (κ2) is 5.15. The molecule has 0 aliphatic heterocycles. The number of benzene rings is 1. The molecule has 96 valence electrons. The van der Waals surface area contributed by atoms with Crippen molar-refractivity contribution >= 4 is 28.2 Å². The Bertz CT molecular complexity index is 576. The Morgan fingerprint density at radius 3 is 2.67 bits per heavy atom. The molecule has 0 saturated heterocycles. The highest BCUT2D eigenvalue weighted by molar-refractivity contribution is 6.36. The molecule has 0 bridgehead atoms. The van der Waals surface area contributed by atoms with Crippen LogP contribution >= 0.6 is 11.6 Å². The van der Waals surface area contributed by atoms with Crippen molar-refractivity contribution in [1.82, 2.24) is 4.98 Å². The van der Waals surface area contributed by atoms with E-state index >= 15 is 0 Å². The van der Waals surface area contributed by atoms with Crippen molar-refractivity contribution in [3.8, 4) is 0 Å². The predicted octanol–water partition coefficient (Wildman–Crippen LogP) is 4.44. The molecule has 2 rings (SSSR count). The van der Waals surface area contributed by atoms with E-state index in [-0.39, 0.29) is 0 Å². The molecule has 0 unspecified atom stereocenters. The largest absolute Gasteiger partial charge is 0.387 e. The van der Waals surface area contributed by atoms with E-state index in [4.69, 9.17) is 16.6 Å². The maximum absolute atomic E-state index is 6.29. The summed E-state index contributed by atoms with van der Waals surface area (Å²) >= 11 is 6.29. The lowest BCUT2D eigenvalue weighted by Gasteiger charge is -2.13. The van der Waals surface area contributed by atoms with Crippen molar-refractivity contribution in [2.24, 2.45) is 5.92 Å². The number of nitrogens with zero attached hydrogens (tertiary/aromatic N) is 1. The molecule has 18 heavy (non-hydrogen) atoms. The maximum Gasteiger partial charge on any atom is 0.0770 e. The van der Waals surface area contributed by atoms with Crippen LogP contribution in [0.5, 0.6) is 0 Å². The number of nitrogens with one attached hydrogen (secondary N) is 1. The van der Waals surface area contributed by atoms with Gasteiger partial charge in [-0.2, -0.15) is 0 Å². The Hall–Kier alpha value is -1.28. The highest BCUT2D eigenvalue weighted by Gasteiger charge is 2.11. The lowest BCUT2D eigenvalue weighted by molar-refractivity contribution is 0.637. The van der Waals surface area contributed by atoms with Crippen LogP contribution in [-0.2, 0) is 6.42 Å². The first kappa shape index (κ1) is 13.2. The standard InChI is InChI=1S/C15H19ClN2/c1-9(2)7-11-8-13(17-4)14-12(16)6-5-10(3)15(14)18-11/h5-6,8-9H,7H2,1-4H3,(H,17,18). The molecule has 1 heterocycles. The molecular formula is C15H19ClN2. The first-order chi connectivity index (χ1) is 8.52. The molecule has 0 fully saturated rings. The third-order valence-electron chi connectivity index (χ3n) is 3.05. The molecule has 1 aromatic carbocycles. The minimum absolute atomic E-state index is 0.596. The highest BCUT2D eigenvalue weighted by atomic mass is 35.5. The van der Waals surface area contributed by atoms with E-state index in [1.807, 2.05) is 19.2 Å². The Morgan fingerprint density at radius 2 is 2.06 bits per heavy atom. The van der Waals surface area contributed by atoms with Crippen molar-refractivity contribution in [3.63, 3.8) is 0 Å². The van der Waals surface area contributed by atoms with Gasteiger partial charge in [-0.1, -0.05) is 31.5 Å². The van der Waals surface area contributed by atoms with Gasteiger partial charge in [-0.15, -0.1) is 0 Å². The second-order valence-electron chi connectivity index (χ2n) is 5.10. The monoisotopic (exact) mass is 262 g/mol. The highest BCUT2D eigenvalue weighted by Crippen LogP contribution is 2.32. The fourth-order valence-electron chi connectivity index (χ4n) is 2.21. The quantitative estimate of drug-likeness (QED) is 0.885. The van der Waals surface area contributed by atoms with E-state index in [0.29, 0.717) is 5.92 Å². The average Bonchev–Trinajstić information content (AvgIpc) is 2.32. The Kier molecular flexibility index (Phi) is 3.76. The summed E-state index contributed by atoms with van der Waals surface area (Å²) in [5.74, 6) is 0.596. The molecule has 0 saturated carbocycles. The zero-order valence-electron chi connectivity index (χ0n) is 11.3. The molecule has 0 atom stereocenters. The maximum atomic E-state index is 6.29. The van der Waals surface area contributed by atoms with Gasteiger partial charge in [0.2, 0.25) is 0 Å². The van der Waals surface area contributed by atoms with Gasteiger partial charge in [0.25, 0.3) is 0 Å². The van der Waals surface area contributed by atoms with Crippen molar-refractivity contribution in [3.05, 3.63) is 34.5 Å². The summed E-state index contributed by atoms with van der Waals surface area (Å²) in [5, 5.41) is 5.00. The number of aromatic nitrogens is 1. The molecule has 0 aliphatic carbocycles. The summed E-state index contributed by atoms with van der Waals surface area (Å²) in [4.78, 5) is 4.76. The number of halogens is 1. The number of fused-ring (bicyclic) bond motifs is 1. The number of aryl methyl sites for hydroxylation is 1. The Labute approximate surface area is 113 Å². The summed E-state index contributed by atoms with van der Waals surface area (Å²) in [6.45, 7) is 6.48. The number of rotatable bonds is 3. The zero-order chi connectivity index (χ0) is 13.3. The zero-order valence-corrected chi connectivity index (χ0v) is 12.1. The van der Waals surface area contributed by atoms with E-state index < -0.39 is 0 Å². The van der Waals surface area contributed by atoms with E-state index in [9.17, 15) is 0 Å². The van der Waals surface area contributed by atoms with Crippen LogP contribution in [0.4, 0.5) is 5.69 Å². The minimum Gasteiger partial charge on any atom is -0.387 e. The third-order valence-corrected chi connectivity index (χ3v) is 3.37. The van der Waals surface area contributed by atoms with Gasteiger partial charge in [-0.25, -0.2) is 0 Å². The molecule has 0 aliphatic rings. The van der Waals surface area contributed by atoms with Crippen LogP contribution in [0.25, 0.3) is 10.9 Å². The molecule has 2 aromatic rings. The summed E-state index contributed by atoms with van der Waals surface area (Å²) in [6.07, 6.45) is 0.983. The fourth-order valence-corrected chi connectivity index (χ4v) is 2.46. The third kappa shape index (κ3) is 2.44. The molecule has 0 amide bonds. The van der Waals surface area contributed by atoms with Gasteiger partial charge >= 0.3 is 0 Å². The number of hydrogen-bond acceptors (Lipinski definition) is 2. The SMILES string of the molecule is CNc1cc(CC(C)C)nc2c(C)ccc(Cl)c12. The van der Waals surface area contributed by atoms with Gasteiger partial charge in [-0.3, -0.25) is 4.98 Å². The van der Waals surface area contributed by atoms with Gasteiger partial charge in [0.15, 0.2) is 0 Å². The molecule has 3 heteroatoms. The van der Waals surface area contributed by atoms with Gasteiger partial charge in [0.1, 0.15) is 0 Å². The molecule has 0 radical (unpaired) electrons. The van der Waals surface area contributed by atoms with Crippen molar-refractivity contribution in [2.45, 2.75) is 27.2 Å². The molecule has 0 spiro atoms. The number of hydrogen-bond donors (Lipinski definition) is 1. The van der Waals surface area contributed by atoms with Gasteiger partial charge < -0.3 is 5.32 Å². The van der Waals surface area contributed by atoms with E-state index in [2.05, 4.69) is 32.2 Å². The topological polar surface area (TPSA) is 24.9 Å². The fraction of sp³-hybridized carbons (Fsp3) is 0.400. The predicted molar refractivity (Wildman–Crippen MR) is 79.6 cm³/mol. The number of anilines is 1. The van der Waals surface area contributed by atoms with E-state index in [0.717, 1.165) is 39.3 Å². The Morgan fingerprint density at radius 1 is 1.33 bits per heavy atom. The molecule has 1 N–H and O–H groups in total. The minimum atomic E-state index is 0.596. The van der Waals surface area contributed by atoms with Crippen LogP contribution in [0.1, 0.15) is 25.1 Å². The smallest absolute Gasteiger partial charge is 0.0770 e. The molecule has 1 aromatic heterocycles. The van der Waals surface area contributed by atoms with E-state index in [1.165, 1.54) is 0 Å². The number of pyridine rings is 1. The first-order valence-electron chi connectivity index (χ1n) is 6.29. The van der Waals surface area contributed by atoms with E-state index in [1.54, 1.807) is 0 Å². The van der Waals surface area contributed by atoms with Crippen LogP contribution in [0, 0.1) is 12.8 Å².